The summed E-state index contributed by atoms with van der Waals surface area (Å²) in [6.07, 6.45) is 0. The number of thiophene rings is 1. The highest BCUT2D eigenvalue weighted by atomic mass is 32.1. The topological polar surface area (TPSA) is 90.6 Å². The number of nitrogens with two attached hydrogens (primary N) is 1. The molecular weight excluding hydrogens is 292 g/mol. The molecule has 0 radical (unpaired) electrons. The molecule has 0 saturated carbocycles. The van der Waals surface area contributed by atoms with E-state index in [4.69, 9.17) is 10.5 Å². The zero-order valence-electron chi connectivity index (χ0n) is 11.5. The third kappa shape index (κ3) is 3.14. The first kappa shape index (κ1) is 14.9. The fourth-order valence-corrected chi connectivity index (χ4v) is 2.49. The van der Waals surface area contributed by atoms with Crippen LogP contribution in [0.15, 0.2) is 29.6 Å². The van der Waals surface area contributed by atoms with Crippen LogP contribution in [0.3, 0.4) is 0 Å². The molecule has 6 nitrogen and oxygen atoms in total. The van der Waals surface area contributed by atoms with Gasteiger partial charge in [-0.3, -0.25) is 4.79 Å². The Labute approximate surface area is 125 Å². The molecule has 7 heteroatoms. The number of rotatable bonds is 4. The van der Waals surface area contributed by atoms with Gasteiger partial charge in [0.15, 0.2) is 0 Å². The summed E-state index contributed by atoms with van der Waals surface area (Å²) in [5.74, 6) is -0.361. The van der Waals surface area contributed by atoms with E-state index < -0.39 is 5.97 Å². The predicted octanol–water partition coefficient (Wildman–Crippen LogP) is 2.38. The minimum Gasteiger partial charge on any atom is -0.495 e. The number of ether oxygens (including phenoxy) is 2. The second-order valence-electron chi connectivity index (χ2n) is 4.07. The van der Waals surface area contributed by atoms with Crippen molar-refractivity contribution < 1.29 is 19.1 Å². The lowest BCUT2D eigenvalue weighted by Crippen LogP contribution is -2.14. The Hall–Kier alpha value is -2.54. The number of anilines is 2. The van der Waals surface area contributed by atoms with Gasteiger partial charge in [-0.05, 0) is 29.6 Å². The van der Waals surface area contributed by atoms with Crippen molar-refractivity contribution in [2.24, 2.45) is 0 Å². The van der Waals surface area contributed by atoms with Crippen molar-refractivity contribution in [1.29, 1.82) is 0 Å². The van der Waals surface area contributed by atoms with Gasteiger partial charge >= 0.3 is 5.97 Å². The summed E-state index contributed by atoms with van der Waals surface area (Å²) < 4.78 is 9.69. The Kier molecular flexibility index (Phi) is 4.44. The maximum atomic E-state index is 12.2. The first-order valence-electron chi connectivity index (χ1n) is 5.97. The van der Waals surface area contributed by atoms with Crippen LogP contribution in [0, 0.1) is 0 Å². The lowest BCUT2D eigenvalue weighted by Gasteiger charge is -2.08. The molecule has 0 saturated heterocycles. The van der Waals surface area contributed by atoms with E-state index in [2.05, 4.69) is 10.1 Å². The van der Waals surface area contributed by atoms with Crippen LogP contribution in [0.4, 0.5) is 11.4 Å². The normalized spacial score (nSPS) is 10.0. The Morgan fingerprint density at radius 1 is 1.24 bits per heavy atom. The average molecular weight is 306 g/mol. The Morgan fingerprint density at radius 3 is 2.62 bits per heavy atom. The number of nitrogens with one attached hydrogen (secondary N) is 1. The van der Waals surface area contributed by atoms with Gasteiger partial charge in [0.05, 0.1) is 25.6 Å². The fraction of sp³-hybridized carbons (Fsp3) is 0.143. The van der Waals surface area contributed by atoms with Gasteiger partial charge in [-0.15, -0.1) is 11.3 Å². The molecule has 0 unspecified atom stereocenters. The van der Waals surface area contributed by atoms with Crippen LogP contribution in [-0.4, -0.2) is 26.1 Å². The third-order valence-electron chi connectivity index (χ3n) is 2.78. The van der Waals surface area contributed by atoms with Gasteiger partial charge in [-0.25, -0.2) is 4.79 Å². The first-order chi connectivity index (χ1) is 10.1. The average Bonchev–Trinajstić information content (AvgIpc) is 2.94. The van der Waals surface area contributed by atoms with Gasteiger partial charge in [0.2, 0.25) is 0 Å². The van der Waals surface area contributed by atoms with Gasteiger partial charge in [0.1, 0.15) is 10.6 Å². The molecule has 1 amide bonds. The molecule has 110 valence electrons. The zero-order chi connectivity index (χ0) is 15.4. The minimum atomic E-state index is -0.491. The Bertz CT molecular complexity index is 681. The fourth-order valence-electron chi connectivity index (χ4n) is 1.73. The van der Waals surface area contributed by atoms with Crippen molar-refractivity contribution in [3.63, 3.8) is 0 Å². The van der Waals surface area contributed by atoms with Crippen molar-refractivity contribution in [2.45, 2.75) is 0 Å². The molecule has 0 fully saturated rings. The van der Waals surface area contributed by atoms with Crippen molar-refractivity contribution in [1.82, 2.24) is 0 Å². The molecule has 3 N–H and O–H groups in total. The number of carbonyl (C=O) groups is 2. The second kappa shape index (κ2) is 6.27. The van der Waals surface area contributed by atoms with Crippen LogP contribution in [0.2, 0.25) is 0 Å². The van der Waals surface area contributed by atoms with Crippen molar-refractivity contribution in [2.75, 3.05) is 25.3 Å². The molecular formula is C14H14N2O4S. The number of methoxy groups -OCH3 is 2. The van der Waals surface area contributed by atoms with Crippen LogP contribution in [0.5, 0.6) is 5.75 Å². The third-order valence-corrected chi connectivity index (χ3v) is 3.67. The van der Waals surface area contributed by atoms with E-state index in [0.29, 0.717) is 27.6 Å². The molecule has 1 heterocycles. The molecule has 0 bridgehead atoms. The summed E-state index contributed by atoms with van der Waals surface area (Å²) in [7, 11) is 2.79. The predicted molar refractivity (Wildman–Crippen MR) is 81.0 cm³/mol. The zero-order valence-corrected chi connectivity index (χ0v) is 12.3. The van der Waals surface area contributed by atoms with Crippen LogP contribution in [0.1, 0.15) is 20.0 Å². The van der Waals surface area contributed by atoms with E-state index >= 15 is 0 Å². The molecule has 0 aliphatic rings. The number of carbonyl (C=O) groups excluding carboxylic acids is 2. The van der Waals surface area contributed by atoms with Gasteiger partial charge in [0, 0.05) is 5.56 Å². The van der Waals surface area contributed by atoms with Gasteiger partial charge in [0.25, 0.3) is 5.91 Å². The second-order valence-corrected chi connectivity index (χ2v) is 4.98. The van der Waals surface area contributed by atoms with Crippen LogP contribution in [0.25, 0.3) is 0 Å². The quantitative estimate of drug-likeness (QED) is 0.668. The molecule has 0 atom stereocenters. The summed E-state index contributed by atoms with van der Waals surface area (Å²) in [6, 6.07) is 6.36. The maximum Gasteiger partial charge on any atom is 0.350 e. The summed E-state index contributed by atoms with van der Waals surface area (Å²) in [4.78, 5) is 24.1. The number of hydrogen-bond donors (Lipinski definition) is 2. The first-order valence-corrected chi connectivity index (χ1v) is 6.85. The SMILES string of the molecule is COC(=O)c1sccc1NC(=O)c1ccc(OC)c(N)c1. The minimum absolute atomic E-state index is 0.340. The highest BCUT2D eigenvalue weighted by molar-refractivity contribution is 7.12. The standard InChI is InChI=1S/C14H14N2O4S/c1-19-11-4-3-8(7-9(11)15)13(17)16-10-5-6-21-12(10)14(18)20-2/h3-7H,15H2,1-2H3,(H,16,17). The number of amides is 1. The molecule has 0 aliphatic carbocycles. The van der Waals surface area contributed by atoms with E-state index in [0.717, 1.165) is 0 Å². The van der Waals surface area contributed by atoms with Crippen molar-refractivity contribution in [3.8, 4) is 5.75 Å². The van der Waals surface area contributed by atoms with E-state index in [1.54, 1.807) is 23.6 Å². The maximum absolute atomic E-state index is 12.2. The number of nitrogen functional groups attached to an aromatic ring is 1. The van der Waals surface area contributed by atoms with Crippen molar-refractivity contribution in [3.05, 3.63) is 40.1 Å². The summed E-state index contributed by atoms with van der Waals surface area (Å²) in [5, 5.41) is 4.36. The Balaban J connectivity index is 2.21. The molecule has 21 heavy (non-hydrogen) atoms. The van der Waals surface area contributed by atoms with E-state index in [9.17, 15) is 9.59 Å². The van der Waals surface area contributed by atoms with Gasteiger partial charge < -0.3 is 20.5 Å². The molecule has 1 aromatic carbocycles. The highest BCUT2D eigenvalue weighted by Gasteiger charge is 2.16. The summed E-state index contributed by atoms with van der Waals surface area (Å²) in [5.41, 5.74) is 6.91. The van der Waals surface area contributed by atoms with E-state index in [-0.39, 0.29) is 5.91 Å². The van der Waals surface area contributed by atoms with E-state index in [1.807, 2.05) is 0 Å². The van der Waals surface area contributed by atoms with E-state index in [1.165, 1.54) is 31.6 Å². The number of esters is 1. The molecule has 2 rings (SSSR count). The monoisotopic (exact) mass is 306 g/mol. The molecule has 0 aliphatic heterocycles. The van der Waals surface area contributed by atoms with Crippen LogP contribution in [-0.2, 0) is 4.74 Å². The smallest absolute Gasteiger partial charge is 0.350 e. The summed E-state index contributed by atoms with van der Waals surface area (Å²) >= 11 is 1.19. The highest BCUT2D eigenvalue weighted by Crippen LogP contribution is 2.25. The van der Waals surface area contributed by atoms with Crippen molar-refractivity contribution >= 4 is 34.6 Å². The van der Waals surface area contributed by atoms with Gasteiger partial charge in [-0.2, -0.15) is 0 Å². The number of hydrogen-bond acceptors (Lipinski definition) is 6. The molecule has 2 aromatic rings. The summed E-state index contributed by atoms with van der Waals surface area (Å²) in [6.45, 7) is 0. The van der Waals surface area contributed by atoms with Gasteiger partial charge in [-0.1, -0.05) is 0 Å². The lowest BCUT2D eigenvalue weighted by molar-refractivity contribution is 0.0607. The van der Waals surface area contributed by atoms with Crippen LogP contribution >= 0.6 is 11.3 Å². The molecule has 0 spiro atoms. The largest absolute Gasteiger partial charge is 0.495 e. The van der Waals surface area contributed by atoms with Crippen LogP contribution < -0.4 is 15.8 Å². The lowest BCUT2D eigenvalue weighted by atomic mass is 10.1. The number of benzene rings is 1. The molecule has 1 aromatic heterocycles. The Morgan fingerprint density at radius 2 is 2.00 bits per heavy atom.